The van der Waals surface area contributed by atoms with Gasteiger partial charge in [-0.25, -0.2) is 0 Å². The molecule has 1 heterocycles. The van der Waals surface area contributed by atoms with Gasteiger partial charge < -0.3 is 0 Å². The predicted molar refractivity (Wildman–Crippen MR) is 70.9 cm³/mol. The maximum absolute atomic E-state index is 11.9. The summed E-state index contributed by atoms with van der Waals surface area (Å²) in [5.74, 6) is -0.0594. The minimum Gasteiger partial charge on any atom is -0.281 e. The smallest absolute Gasteiger partial charge is 0.229 e. The highest BCUT2D eigenvalue weighted by atomic mass is 35.5. The van der Waals surface area contributed by atoms with Gasteiger partial charge in [0.1, 0.15) is 0 Å². The lowest BCUT2D eigenvalue weighted by Crippen LogP contribution is -2.43. The molecule has 0 aliphatic carbocycles. The van der Waals surface area contributed by atoms with Crippen LogP contribution in [-0.4, -0.2) is 29.1 Å². The van der Waals surface area contributed by atoms with Crippen molar-refractivity contribution in [2.45, 2.75) is 18.8 Å². The van der Waals surface area contributed by atoms with Gasteiger partial charge in [-0.2, -0.15) is 0 Å². The van der Waals surface area contributed by atoms with Crippen LogP contribution in [0.4, 0.5) is 0 Å². The molecule has 0 atom stereocenters. The summed E-state index contributed by atoms with van der Waals surface area (Å²) >= 11 is 11.4. The number of piperidine rings is 1. The van der Waals surface area contributed by atoms with E-state index in [4.69, 9.17) is 23.2 Å². The average molecular weight is 286 g/mol. The van der Waals surface area contributed by atoms with E-state index in [9.17, 15) is 9.59 Å². The molecule has 0 spiro atoms. The molecule has 1 saturated heterocycles. The van der Waals surface area contributed by atoms with E-state index in [1.165, 1.54) is 4.90 Å². The van der Waals surface area contributed by atoms with Crippen molar-refractivity contribution in [3.8, 4) is 0 Å². The second-order valence-corrected chi connectivity index (χ2v) is 5.10. The van der Waals surface area contributed by atoms with Gasteiger partial charge in [-0.1, -0.05) is 23.7 Å². The molecule has 96 valence electrons. The Morgan fingerprint density at radius 1 is 1.11 bits per heavy atom. The zero-order valence-corrected chi connectivity index (χ0v) is 11.2. The fourth-order valence-electron chi connectivity index (χ4n) is 2.16. The second kappa shape index (κ2) is 5.72. The fourth-order valence-corrected chi connectivity index (χ4v) is 2.45. The first-order valence-corrected chi connectivity index (χ1v) is 6.67. The molecule has 1 aliphatic heterocycles. The first kappa shape index (κ1) is 13.4. The zero-order valence-electron chi connectivity index (χ0n) is 9.73. The number of carbonyl (C=O) groups excluding carboxylic acids is 2. The van der Waals surface area contributed by atoms with Gasteiger partial charge in [-0.15, -0.1) is 11.6 Å². The van der Waals surface area contributed by atoms with E-state index in [-0.39, 0.29) is 23.6 Å². The average Bonchev–Trinajstić information content (AvgIpc) is 2.34. The van der Waals surface area contributed by atoms with E-state index in [2.05, 4.69) is 0 Å². The SMILES string of the molecule is O=C1CC(c2ccc(Cl)cc2)CC(=O)N1CCCl. The molecule has 1 aromatic carbocycles. The lowest BCUT2D eigenvalue weighted by Gasteiger charge is -2.29. The largest absolute Gasteiger partial charge is 0.281 e. The zero-order chi connectivity index (χ0) is 13.1. The summed E-state index contributed by atoms with van der Waals surface area (Å²) in [4.78, 5) is 25.0. The van der Waals surface area contributed by atoms with Gasteiger partial charge in [0.2, 0.25) is 11.8 Å². The lowest BCUT2D eigenvalue weighted by molar-refractivity contribution is -0.148. The van der Waals surface area contributed by atoms with E-state index >= 15 is 0 Å². The number of nitrogens with zero attached hydrogens (tertiary/aromatic N) is 1. The third-order valence-electron chi connectivity index (χ3n) is 3.09. The van der Waals surface area contributed by atoms with Crippen molar-refractivity contribution in [2.24, 2.45) is 0 Å². The maximum Gasteiger partial charge on any atom is 0.229 e. The van der Waals surface area contributed by atoms with Crippen LogP contribution in [0.3, 0.4) is 0 Å². The van der Waals surface area contributed by atoms with Crippen LogP contribution >= 0.6 is 23.2 Å². The quantitative estimate of drug-likeness (QED) is 0.633. The van der Waals surface area contributed by atoms with Crippen LogP contribution in [0.25, 0.3) is 0 Å². The summed E-state index contributed by atoms with van der Waals surface area (Å²) < 4.78 is 0. The molecule has 0 bridgehead atoms. The first-order valence-electron chi connectivity index (χ1n) is 5.76. The topological polar surface area (TPSA) is 37.4 Å². The standard InChI is InChI=1S/C13H13Cl2NO2/c14-5-6-16-12(17)7-10(8-13(16)18)9-1-3-11(15)4-2-9/h1-4,10H,5-8H2. The summed E-state index contributed by atoms with van der Waals surface area (Å²) in [7, 11) is 0. The van der Waals surface area contributed by atoms with Crippen LogP contribution < -0.4 is 0 Å². The van der Waals surface area contributed by atoms with Crippen LogP contribution in [0.5, 0.6) is 0 Å². The van der Waals surface area contributed by atoms with Gasteiger partial charge in [-0.05, 0) is 17.7 Å². The number of rotatable bonds is 3. The Bertz CT molecular complexity index is 441. The number of carbonyl (C=O) groups is 2. The molecule has 0 unspecified atom stereocenters. The summed E-state index contributed by atoms with van der Waals surface area (Å²) in [5.41, 5.74) is 0.978. The molecular weight excluding hydrogens is 273 g/mol. The normalized spacial score (nSPS) is 17.3. The van der Waals surface area contributed by atoms with E-state index < -0.39 is 0 Å². The molecule has 1 aliphatic rings. The van der Waals surface area contributed by atoms with Crippen LogP contribution in [0.15, 0.2) is 24.3 Å². The number of amides is 2. The Labute approximate surface area is 116 Å². The van der Waals surface area contributed by atoms with E-state index in [0.717, 1.165) is 5.56 Å². The van der Waals surface area contributed by atoms with E-state index in [0.29, 0.717) is 24.4 Å². The Kier molecular flexibility index (Phi) is 4.25. The third kappa shape index (κ3) is 2.85. The predicted octanol–water partition coefficient (Wildman–Crippen LogP) is 2.81. The Morgan fingerprint density at radius 3 is 2.17 bits per heavy atom. The van der Waals surface area contributed by atoms with Gasteiger partial charge in [0.15, 0.2) is 0 Å². The van der Waals surface area contributed by atoms with Crippen LogP contribution in [0.1, 0.15) is 24.3 Å². The minimum atomic E-state index is -0.146. The number of halogens is 2. The Hall–Kier alpha value is -1.06. The lowest BCUT2D eigenvalue weighted by atomic mass is 9.88. The molecule has 18 heavy (non-hydrogen) atoms. The van der Waals surface area contributed by atoms with Crippen molar-refractivity contribution in [1.29, 1.82) is 0 Å². The van der Waals surface area contributed by atoms with Crippen molar-refractivity contribution in [1.82, 2.24) is 4.90 Å². The molecule has 3 nitrogen and oxygen atoms in total. The molecule has 0 N–H and O–H groups in total. The Balaban J connectivity index is 2.12. The van der Waals surface area contributed by atoms with Crippen molar-refractivity contribution >= 4 is 35.0 Å². The van der Waals surface area contributed by atoms with Gasteiger partial charge in [0, 0.05) is 36.2 Å². The number of alkyl halides is 1. The summed E-state index contributed by atoms with van der Waals surface area (Å²) in [6.07, 6.45) is 0.703. The highest BCUT2D eigenvalue weighted by molar-refractivity contribution is 6.30. The van der Waals surface area contributed by atoms with Gasteiger partial charge >= 0.3 is 0 Å². The number of likely N-dealkylation sites (tertiary alicyclic amines) is 1. The van der Waals surface area contributed by atoms with E-state index in [1.807, 2.05) is 12.1 Å². The molecule has 0 radical (unpaired) electrons. The molecule has 5 heteroatoms. The van der Waals surface area contributed by atoms with Crippen molar-refractivity contribution in [3.05, 3.63) is 34.9 Å². The van der Waals surface area contributed by atoms with E-state index in [1.54, 1.807) is 12.1 Å². The summed E-state index contributed by atoms with van der Waals surface area (Å²) in [5, 5.41) is 0.649. The van der Waals surface area contributed by atoms with Crippen molar-refractivity contribution < 1.29 is 9.59 Å². The number of imide groups is 1. The summed E-state index contributed by atoms with van der Waals surface area (Å²) in [6, 6.07) is 7.28. The molecule has 0 saturated carbocycles. The third-order valence-corrected chi connectivity index (χ3v) is 3.51. The van der Waals surface area contributed by atoms with Crippen LogP contribution in [0, 0.1) is 0 Å². The van der Waals surface area contributed by atoms with Crippen molar-refractivity contribution in [3.63, 3.8) is 0 Å². The first-order chi connectivity index (χ1) is 8.61. The molecule has 1 aromatic rings. The maximum atomic E-state index is 11.9. The molecular formula is C13H13Cl2NO2. The van der Waals surface area contributed by atoms with Gasteiger partial charge in [0.25, 0.3) is 0 Å². The highest BCUT2D eigenvalue weighted by Crippen LogP contribution is 2.30. The van der Waals surface area contributed by atoms with Crippen molar-refractivity contribution in [2.75, 3.05) is 12.4 Å². The highest BCUT2D eigenvalue weighted by Gasteiger charge is 2.32. The number of benzene rings is 1. The molecule has 2 rings (SSSR count). The van der Waals surface area contributed by atoms with Crippen LogP contribution in [-0.2, 0) is 9.59 Å². The molecule has 1 fully saturated rings. The van der Waals surface area contributed by atoms with Gasteiger partial charge in [-0.3, -0.25) is 14.5 Å². The number of hydrogen-bond donors (Lipinski definition) is 0. The summed E-state index contributed by atoms with van der Waals surface area (Å²) in [6.45, 7) is 0.298. The fraction of sp³-hybridized carbons (Fsp3) is 0.385. The molecule has 0 aromatic heterocycles. The second-order valence-electron chi connectivity index (χ2n) is 4.28. The monoisotopic (exact) mass is 285 g/mol. The molecule has 2 amide bonds. The minimum absolute atomic E-state index is 0.0474. The Morgan fingerprint density at radius 2 is 1.67 bits per heavy atom. The number of hydrogen-bond acceptors (Lipinski definition) is 2. The van der Waals surface area contributed by atoms with Gasteiger partial charge in [0.05, 0.1) is 0 Å². The van der Waals surface area contributed by atoms with Crippen LogP contribution in [0.2, 0.25) is 5.02 Å².